The summed E-state index contributed by atoms with van der Waals surface area (Å²) in [4.78, 5) is 25.5. The molecule has 1 fully saturated rings. The van der Waals surface area contributed by atoms with Gasteiger partial charge in [-0.2, -0.15) is 0 Å². The molecule has 0 atom stereocenters. The first-order valence-electron chi connectivity index (χ1n) is 7.83. The minimum absolute atomic E-state index is 0.0449. The van der Waals surface area contributed by atoms with Gasteiger partial charge < -0.3 is 20.6 Å². The van der Waals surface area contributed by atoms with Gasteiger partial charge in [-0.1, -0.05) is 0 Å². The molecule has 0 bridgehead atoms. The van der Waals surface area contributed by atoms with Crippen LogP contribution in [0.4, 0.5) is 14.9 Å². The Kier molecular flexibility index (Phi) is 4.47. The van der Waals surface area contributed by atoms with Crippen LogP contribution in [0.5, 0.6) is 0 Å². The number of hydrogen-bond donors (Lipinski definition) is 3. The molecule has 3 N–H and O–H groups in total. The maximum atomic E-state index is 13.3. The van der Waals surface area contributed by atoms with E-state index >= 15 is 0 Å². The summed E-state index contributed by atoms with van der Waals surface area (Å²) < 4.78 is 13.3. The van der Waals surface area contributed by atoms with Crippen LogP contribution in [0.1, 0.15) is 31.2 Å². The van der Waals surface area contributed by atoms with Gasteiger partial charge in [0.05, 0.1) is 12.6 Å². The van der Waals surface area contributed by atoms with E-state index in [9.17, 15) is 19.1 Å². The highest BCUT2D eigenvalue weighted by Gasteiger charge is 2.26. The normalized spacial score (nSPS) is 23.9. The first-order chi connectivity index (χ1) is 11.0. The molecule has 6 nitrogen and oxygen atoms in total. The van der Waals surface area contributed by atoms with Gasteiger partial charge in [0.15, 0.2) is 0 Å². The summed E-state index contributed by atoms with van der Waals surface area (Å²) >= 11 is 0. The van der Waals surface area contributed by atoms with Gasteiger partial charge in [0.1, 0.15) is 12.4 Å². The molecule has 0 unspecified atom stereocenters. The van der Waals surface area contributed by atoms with Gasteiger partial charge in [-0.25, -0.2) is 9.18 Å². The third-order valence-corrected chi connectivity index (χ3v) is 4.35. The molecule has 124 valence electrons. The molecule has 0 radical (unpaired) electrons. The largest absolute Gasteiger partial charge is 0.393 e. The van der Waals surface area contributed by atoms with Crippen molar-refractivity contribution in [2.75, 3.05) is 11.9 Å². The summed E-state index contributed by atoms with van der Waals surface area (Å²) in [6, 6.07) is 3.86. The van der Waals surface area contributed by atoms with Crippen LogP contribution in [-0.2, 0) is 11.3 Å². The number of nitrogens with zero attached hydrogens (tertiary/aromatic N) is 1. The van der Waals surface area contributed by atoms with E-state index in [0.29, 0.717) is 24.1 Å². The van der Waals surface area contributed by atoms with E-state index in [1.54, 1.807) is 0 Å². The average Bonchev–Trinajstić information content (AvgIpc) is 2.51. The Morgan fingerprint density at radius 2 is 2.09 bits per heavy atom. The molecule has 3 rings (SSSR count). The SMILES string of the molecule is O=C(CN1Cc2cc(F)ccc2NC1=O)NC1CCC(O)CC1. The molecule has 7 heteroatoms. The predicted molar refractivity (Wildman–Crippen MR) is 82.2 cm³/mol. The first kappa shape index (κ1) is 15.7. The van der Waals surface area contributed by atoms with Gasteiger partial charge in [-0.05, 0) is 49.4 Å². The maximum absolute atomic E-state index is 13.3. The molecule has 2 aliphatic rings. The van der Waals surface area contributed by atoms with Crippen LogP contribution in [0.3, 0.4) is 0 Å². The molecule has 1 aromatic rings. The molecular weight excluding hydrogens is 301 g/mol. The summed E-state index contributed by atoms with van der Waals surface area (Å²) in [5, 5.41) is 15.0. The quantitative estimate of drug-likeness (QED) is 0.791. The molecule has 23 heavy (non-hydrogen) atoms. The van der Waals surface area contributed by atoms with E-state index in [4.69, 9.17) is 0 Å². The lowest BCUT2D eigenvalue weighted by Crippen LogP contribution is -2.47. The fourth-order valence-electron chi connectivity index (χ4n) is 3.08. The van der Waals surface area contributed by atoms with E-state index in [2.05, 4.69) is 10.6 Å². The second-order valence-corrected chi connectivity index (χ2v) is 6.16. The standard InChI is InChI=1S/C16H20FN3O3/c17-11-1-6-14-10(7-11)8-20(16(23)19-14)9-15(22)18-12-2-4-13(21)5-3-12/h1,6-7,12-13,21H,2-5,8-9H2,(H,18,22)(H,19,23). The molecule has 1 aliphatic carbocycles. The fraction of sp³-hybridized carbons (Fsp3) is 0.500. The molecule has 0 spiro atoms. The Morgan fingerprint density at radius 3 is 2.83 bits per heavy atom. The van der Waals surface area contributed by atoms with E-state index in [0.717, 1.165) is 12.8 Å². The summed E-state index contributed by atoms with van der Waals surface area (Å²) in [7, 11) is 0. The number of anilines is 1. The van der Waals surface area contributed by atoms with E-state index in [-0.39, 0.29) is 43.0 Å². The second-order valence-electron chi connectivity index (χ2n) is 6.16. The van der Waals surface area contributed by atoms with Crippen molar-refractivity contribution in [2.24, 2.45) is 0 Å². The van der Waals surface area contributed by atoms with Gasteiger partial charge in [0, 0.05) is 11.7 Å². The highest BCUT2D eigenvalue weighted by atomic mass is 19.1. The van der Waals surface area contributed by atoms with Crippen LogP contribution in [0.15, 0.2) is 18.2 Å². The molecule has 0 aromatic heterocycles. The smallest absolute Gasteiger partial charge is 0.322 e. The number of benzene rings is 1. The molecule has 3 amide bonds. The number of carbonyl (C=O) groups is 2. The Hall–Kier alpha value is -2.15. The van der Waals surface area contributed by atoms with Gasteiger partial charge >= 0.3 is 6.03 Å². The van der Waals surface area contributed by atoms with Crippen molar-refractivity contribution in [3.8, 4) is 0 Å². The van der Waals surface area contributed by atoms with E-state index < -0.39 is 0 Å². The number of carbonyl (C=O) groups excluding carboxylic acids is 2. The number of fused-ring (bicyclic) bond motifs is 1. The highest BCUT2D eigenvalue weighted by molar-refractivity contribution is 5.94. The van der Waals surface area contributed by atoms with E-state index in [1.165, 1.54) is 23.1 Å². The zero-order chi connectivity index (χ0) is 16.4. The van der Waals surface area contributed by atoms with Crippen molar-refractivity contribution in [3.63, 3.8) is 0 Å². The summed E-state index contributed by atoms with van der Waals surface area (Å²) in [5.41, 5.74) is 1.23. The number of hydrogen-bond acceptors (Lipinski definition) is 3. The minimum atomic E-state index is -0.370. The van der Waals surface area contributed by atoms with Crippen molar-refractivity contribution in [2.45, 2.75) is 44.4 Å². The van der Waals surface area contributed by atoms with E-state index in [1.807, 2.05) is 0 Å². The molecule has 0 saturated heterocycles. The number of aliphatic hydroxyl groups excluding tert-OH is 1. The predicted octanol–water partition coefficient (Wildman–Crippen LogP) is 1.59. The van der Waals surface area contributed by atoms with Crippen LogP contribution in [0.2, 0.25) is 0 Å². The van der Waals surface area contributed by atoms with Crippen LogP contribution in [0, 0.1) is 5.82 Å². The monoisotopic (exact) mass is 321 g/mol. The summed E-state index contributed by atoms with van der Waals surface area (Å²) in [5.74, 6) is -0.605. The lowest BCUT2D eigenvalue weighted by Gasteiger charge is -2.30. The highest BCUT2D eigenvalue weighted by Crippen LogP contribution is 2.24. The van der Waals surface area contributed by atoms with Gasteiger partial charge in [-0.15, -0.1) is 0 Å². The average molecular weight is 321 g/mol. The van der Waals surface area contributed by atoms with Crippen molar-refractivity contribution >= 4 is 17.6 Å². The molecule has 1 saturated carbocycles. The van der Waals surface area contributed by atoms with Gasteiger partial charge in [0.25, 0.3) is 0 Å². The zero-order valence-corrected chi connectivity index (χ0v) is 12.7. The minimum Gasteiger partial charge on any atom is -0.393 e. The lowest BCUT2D eigenvalue weighted by molar-refractivity contribution is -0.122. The molecule has 1 heterocycles. The third kappa shape index (κ3) is 3.79. The Balaban J connectivity index is 1.57. The maximum Gasteiger partial charge on any atom is 0.322 e. The van der Waals surface area contributed by atoms with Crippen molar-refractivity contribution in [1.82, 2.24) is 10.2 Å². The number of nitrogens with one attached hydrogen (secondary N) is 2. The molecule has 1 aromatic carbocycles. The Bertz CT molecular complexity index is 615. The zero-order valence-electron chi connectivity index (χ0n) is 12.7. The van der Waals surface area contributed by atoms with Gasteiger partial charge in [0.2, 0.25) is 5.91 Å². The topological polar surface area (TPSA) is 81.7 Å². The second kappa shape index (κ2) is 6.54. The summed E-state index contributed by atoms with van der Waals surface area (Å²) in [6.45, 7) is 0.135. The van der Waals surface area contributed by atoms with Crippen molar-refractivity contribution in [3.05, 3.63) is 29.6 Å². The first-order valence-corrected chi connectivity index (χ1v) is 7.83. The van der Waals surface area contributed by atoms with Gasteiger partial charge in [-0.3, -0.25) is 4.79 Å². The third-order valence-electron chi connectivity index (χ3n) is 4.35. The van der Waals surface area contributed by atoms with Crippen LogP contribution in [0.25, 0.3) is 0 Å². The Labute approximate surface area is 133 Å². The number of rotatable bonds is 3. The molecule has 1 aliphatic heterocycles. The number of aliphatic hydroxyl groups is 1. The van der Waals surface area contributed by atoms with Crippen molar-refractivity contribution < 1.29 is 19.1 Å². The van der Waals surface area contributed by atoms with Crippen LogP contribution >= 0.6 is 0 Å². The van der Waals surface area contributed by atoms with Crippen LogP contribution < -0.4 is 10.6 Å². The number of halogens is 1. The van der Waals surface area contributed by atoms with Crippen molar-refractivity contribution in [1.29, 1.82) is 0 Å². The number of urea groups is 1. The fourth-order valence-corrected chi connectivity index (χ4v) is 3.08. The lowest BCUT2D eigenvalue weighted by atomic mass is 9.93. The molecular formula is C16H20FN3O3. The Morgan fingerprint density at radius 1 is 1.35 bits per heavy atom. The number of amides is 3. The summed E-state index contributed by atoms with van der Waals surface area (Å²) in [6.07, 6.45) is 2.58. The van der Waals surface area contributed by atoms with Crippen LogP contribution in [-0.4, -0.2) is 40.6 Å².